The quantitative estimate of drug-likeness (QED) is 0.764. The zero-order valence-electron chi connectivity index (χ0n) is 10.9. The van der Waals surface area contributed by atoms with Gasteiger partial charge in [0, 0.05) is 29.0 Å². The molecule has 0 radical (unpaired) electrons. The van der Waals surface area contributed by atoms with E-state index in [9.17, 15) is 4.79 Å². The van der Waals surface area contributed by atoms with Gasteiger partial charge in [0.2, 0.25) is 0 Å². The van der Waals surface area contributed by atoms with E-state index in [-0.39, 0.29) is 0 Å². The first-order valence-corrected chi connectivity index (χ1v) is 6.10. The number of carbonyl (C=O) groups is 1. The van der Waals surface area contributed by atoms with Crippen LogP contribution in [0.25, 0.3) is 22.2 Å². The maximum Gasteiger partial charge on any atom is 0.252 e. The van der Waals surface area contributed by atoms with Crippen LogP contribution in [-0.4, -0.2) is 23.0 Å². The smallest absolute Gasteiger partial charge is 0.252 e. The van der Waals surface area contributed by atoms with Crippen LogP contribution in [0.3, 0.4) is 0 Å². The van der Waals surface area contributed by atoms with Crippen LogP contribution in [0.1, 0.15) is 10.4 Å². The number of hydrogen-bond acceptors (Lipinski definition) is 3. The summed E-state index contributed by atoms with van der Waals surface area (Å²) in [6, 6.07) is 9.22. The van der Waals surface area contributed by atoms with E-state index in [2.05, 4.69) is 9.97 Å². The van der Waals surface area contributed by atoms with Crippen LogP contribution in [-0.2, 0) is 0 Å². The molecule has 3 aromatic rings. The Kier molecular flexibility index (Phi) is 2.87. The van der Waals surface area contributed by atoms with Crippen molar-refractivity contribution in [1.82, 2.24) is 9.97 Å². The molecule has 0 saturated carbocycles. The van der Waals surface area contributed by atoms with Crippen molar-refractivity contribution < 1.29 is 9.53 Å². The van der Waals surface area contributed by atoms with Crippen molar-refractivity contribution in [3.8, 4) is 17.0 Å². The summed E-state index contributed by atoms with van der Waals surface area (Å²) >= 11 is 0. The Morgan fingerprint density at radius 1 is 1.30 bits per heavy atom. The van der Waals surface area contributed by atoms with Crippen molar-refractivity contribution in [2.45, 2.75) is 0 Å². The molecular formula is C15H13N3O2. The monoisotopic (exact) mass is 267 g/mol. The maximum absolute atomic E-state index is 11.5. The molecule has 2 aromatic heterocycles. The number of carbonyl (C=O) groups excluding carboxylic acids is 1. The fraction of sp³-hybridized carbons (Fsp3) is 0.0667. The molecule has 5 heteroatoms. The van der Waals surface area contributed by atoms with Crippen molar-refractivity contribution in [3.05, 3.63) is 48.3 Å². The zero-order chi connectivity index (χ0) is 14.1. The van der Waals surface area contributed by atoms with Gasteiger partial charge < -0.3 is 15.5 Å². The van der Waals surface area contributed by atoms with Crippen LogP contribution in [0.15, 0.2) is 42.7 Å². The van der Waals surface area contributed by atoms with E-state index in [0.29, 0.717) is 11.3 Å². The molecule has 1 aromatic carbocycles. The van der Waals surface area contributed by atoms with Gasteiger partial charge in [-0.25, -0.2) is 0 Å². The van der Waals surface area contributed by atoms with E-state index in [0.717, 1.165) is 22.2 Å². The summed E-state index contributed by atoms with van der Waals surface area (Å²) in [6.07, 6.45) is 3.51. The van der Waals surface area contributed by atoms with E-state index >= 15 is 0 Å². The number of ether oxygens (including phenoxy) is 1. The lowest BCUT2D eigenvalue weighted by molar-refractivity contribution is 0.0997. The number of nitrogens with zero attached hydrogens (tertiary/aromatic N) is 1. The van der Waals surface area contributed by atoms with E-state index < -0.39 is 5.91 Å². The average molecular weight is 267 g/mol. The molecule has 100 valence electrons. The van der Waals surface area contributed by atoms with Gasteiger partial charge in [-0.3, -0.25) is 9.78 Å². The van der Waals surface area contributed by atoms with Crippen molar-refractivity contribution in [3.63, 3.8) is 0 Å². The minimum absolute atomic E-state index is 0.363. The first kappa shape index (κ1) is 12.2. The number of methoxy groups -OCH3 is 1. The Hall–Kier alpha value is -2.82. The van der Waals surface area contributed by atoms with Gasteiger partial charge in [-0.05, 0) is 35.9 Å². The van der Waals surface area contributed by atoms with Gasteiger partial charge in [0.15, 0.2) is 0 Å². The number of nitrogens with one attached hydrogen (secondary N) is 1. The lowest BCUT2D eigenvalue weighted by Gasteiger charge is -2.07. The van der Waals surface area contributed by atoms with Crippen LogP contribution in [0.2, 0.25) is 0 Å². The SMILES string of the molecule is COc1ccc(-c2cc3cnccc3[nH]2)cc1C(N)=O. The second kappa shape index (κ2) is 4.70. The summed E-state index contributed by atoms with van der Waals surface area (Å²) in [5, 5.41) is 1.01. The van der Waals surface area contributed by atoms with E-state index in [4.69, 9.17) is 10.5 Å². The van der Waals surface area contributed by atoms with Gasteiger partial charge in [-0.2, -0.15) is 0 Å². The number of primary amides is 1. The Balaban J connectivity index is 2.14. The fourth-order valence-electron chi connectivity index (χ4n) is 2.20. The molecular weight excluding hydrogens is 254 g/mol. The molecule has 0 aliphatic heterocycles. The normalized spacial score (nSPS) is 10.7. The standard InChI is InChI=1S/C15H13N3O2/c1-20-14-3-2-9(6-11(14)15(16)19)13-7-10-8-17-5-4-12(10)18-13/h2-8,18H,1H3,(H2,16,19). The molecule has 1 amide bonds. The lowest BCUT2D eigenvalue weighted by Crippen LogP contribution is -2.12. The largest absolute Gasteiger partial charge is 0.496 e. The number of hydrogen-bond donors (Lipinski definition) is 2. The summed E-state index contributed by atoms with van der Waals surface area (Å²) in [4.78, 5) is 18.8. The van der Waals surface area contributed by atoms with Gasteiger partial charge in [0.25, 0.3) is 5.91 Å². The minimum Gasteiger partial charge on any atom is -0.496 e. The molecule has 3 N–H and O–H groups in total. The Morgan fingerprint density at radius 2 is 2.15 bits per heavy atom. The van der Waals surface area contributed by atoms with Crippen LogP contribution in [0, 0.1) is 0 Å². The first-order valence-electron chi connectivity index (χ1n) is 6.10. The topological polar surface area (TPSA) is 81.0 Å². The molecule has 0 unspecified atom stereocenters. The van der Waals surface area contributed by atoms with Gasteiger partial charge >= 0.3 is 0 Å². The summed E-state index contributed by atoms with van der Waals surface area (Å²) in [5.74, 6) is -0.0412. The minimum atomic E-state index is -0.513. The van der Waals surface area contributed by atoms with E-state index in [1.165, 1.54) is 7.11 Å². The number of rotatable bonds is 3. The highest BCUT2D eigenvalue weighted by Gasteiger charge is 2.11. The van der Waals surface area contributed by atoms with Crippen LogP contribution in [0.4, 0.5) is 0 Å². The maximum atomic E-state index is 11.5. The van der Waals surface area contributed by atoms with Gasteiger partial charge in [-0.1, -0.05) is 0 Å². The third kappa shape index (κ3) is 1.99. The number of aromatic nitrogens is 2. The number of H-pyrrole nitrogens is 1. The third-order valence-corrected chi connectivity index (χ3v) is 3.20. The van der Waals surface area contributed by atoms with E-state index in [1.54, 1.807) is 24.5 Å². The predicted molar refractivity (Wildman–Crippen MR) is 76.6 cm³/mol. The average Bonchev–Trinajstić information content (AvgIpc) is 2.90. The van der Waals surface area contributed by atoms with Crippen molar-refractivity contribution >= 4 is 16.8 Å². The molecule has 0 spiro atoms. The number of fused-ring (bicyclic) bond motifs is 1. The molecule has 0 saturated heterocycles. The molecule has 0 atom stereocenters. The summed E-state index contributed by atoms with van der Waals surface area (Å²) in [5.41, 5.74) is 8.50. The van der Waals surface area contributed by atoms with Gasteiger partial charge in [0.1, 0.15) is 5.75 Å². The van der Waals surface area contributed by atoms with E-state index in [1.807, 2.05) is 18.2 Å². The molecule has 20 heavy (non-hydrogen) atoms. The molecule has 3 rings (SSSR count). The Bertz CT molecular complexity index is 760. The highest BCUT2D eigenvalue weighted by atomic mass is 16.5. The molecule has 0 aliphatic carbocycles. The molecule has 0 bridgehead atoms. The summed E-state index contributed by atoms with van der Waals surface area (Å²) in [6.45, 7) is 0. The molecule has 0 aliphatic rings. The van der Waals surface area contributed by atoms with Gasteiger partial charge in [0.05, 0.1) is 12.7 Å². The van der Waals surface area contributed by atoms with Crippen molar-refractivity contribution in [2.24, 2.45) is 5.73 Å². The third-order valence-electron chi connectivity index (χ3n) is 3.20. The van der Waals surface area contributed by atoms with Crippen LogP contribution < -0.4 is 10.5 Å². The summed E-state index contributed by atoms with van der Waals surface area (Å²) in [7, 11) is 1.51. The highest BCUT2D eigenvalue weighted by molar-refractivity contribution is 5.97. The number of benzene rings is 1. The second-order valence-corrected chi connectivity index (χ2v) is 4.43. The molecule has 5 nitrogen and oxygen atoms in total. The van der Waals surface area contributed by atoms with Crippen LogP contribution in [0.5, 0.6) is 5.75 Å². The van der Waals surface area contributed by atoms with Crippen LogP contribution >= 0.6 is 0 Å². The Labute approximate surface area is 115 Å². The number of aromatic amines is 1. The van der Waals surface area contributed by atoms with Crippen molar-refractivity contribution in [1.29, 1.82) is 0 Å². The Morgan fingerprint density at radius 3 is 2.85 bits per heavy atom. The predicted octanol–water partition coefficient (Wildman–Crippen LogP) is 2.34. The number of amides is 1. The first-order chi connectivity index (χ1) is 9.69. The van der Waals surface area contributed by atoms with Gasteiger partial charge in [-0.15, -0.1) is 0 Å². The number of nitrogens with two attached hydrogens (primary N) is 1. The second-order valence-electron chi connectivity index (χ2n) is 4.43. The number of pyridine rings is 1. The zero-order valence-corrected chi connectivity index (χ0v) is 10.9. The fourth-order valence-corrected chi connectivity index (χ4v) is 2.20. The van der Waals surface area contributed by atoms with Crippen molar-refractivity contribution in [2.75, 3.05) is 7.11 Å². The summed E-state index contributed by atoms with van der Waals surface area (Å²) < 4.78 is 5.14. The molecule has 2 heterocycles. The highest BCUT2D eigenvalue weighted by Crippen LogP contribution is 2.28. The lowest BCUT2D eigenvalue weighted by atomic mass is 10.1. The molecule has 0 fully saturated rings.